The van der Waals surface area contributed by atoms with Gasteiger partial charge in [-0.25, -0.2) is 4.39 Å². The zero-order valence-electron chi connectivity index (χ0n) is 11.6. The molecule has 0 aliphatic rings. The molecule has 0 aromatic heterocycles. The summed E-state index contributed by atoms with van der Waals surface area (Å²) in [6.45, 7) is 3.89. The Bertz CT molecular complexity index is 657. The SMILES string of the molecule is C=CCNC(SCC(=O)Nc1cccc(F)c1)=C(C#N)C#N. The van der Waals surface area contributed by atoms with Crippen molar-refractivity contribution in [2.24, 2.45) is 0 Å². The first-order valence-electron chi connectivity index (χ1n) is 6.18. The van der Waals surface area contributed by atoms with Gasteiger partial charge in [0.05, 0.1) is 10.8 Å². The van der Waals surface area contributed by atoms with E-state index >= 15 is 0 Å². The van der Waals surface area contributed by atoms with E-state index < -0.39 is 5.82 Å². The van der Waals surface area contributed by atoms with E-state index in [2.05, 4.69) is 17.2 Å². The fourth-order valence-electron chi connectivity index (χ4n) is 1.40. The molecule has 5 nitrogen and oxygen atoms in total. The van der Waals surface area contributed by atoms with Crippen LogP contribution in [0.3, 0.4) is 0 Å². The molecule has 0 saturated heterocycles. The molecule has 0 aliphatic carbocycles. The number of nitrogens with one attached hydrogen (secondary N) is 2. The number of allylic oxidation sites excluding steroid dienone is 1. The van der Waals surface area contributed by atoms with E-state index in [0.717, 1.165) is 11.8 Å². The third-order valence-corrected chi connectivity index (χ3v) is 3.36. The number of carbonyl (C=O) groups excluding carboxylic acids is 1. The summed E-state index contributed by atoms with van der Waals surface area (Å²) in [7, 11) is 0. The molecule has 1 aromatic carbocycles. The van der Waals surface area contributed by atoms with Crippen molar-refractivity contribution in [3.05, 3.63) is 53.3 Å². The van der Waals surface area contributed by atoms with Crippen molar-refractivity contribution in [2.45, 2.75) is 0 Å². The van der Waals surface area contributed by atoms with Crippen LogP contribution in [-0.2, 0) is 4.79 Å². The van der Waals surface area contributed by atoms with Gasteiger partial charge in [0, 0.05) is 12.2 Å². The van der Waals surface area contributed by atoms with Gasteiger partial charge in [0.2, 0.25) is 5.91 Å². The van der Waals surface area contributed by atoms with Gasteiger partial charge in [-0.3, -0.25) is 4.79 Å². The number of hydrogen-bond acceptors (Lipinski definition) is 5. The predicted octanol–water partition coefficient (Wildman–Crippen LogP) is 2.53. The highest BCUT2D eigenvalue weighted by molar-refractivity contribution is 8.03. The predicted molar refractivity (Wildman–Crippen MR) is 83.9 cm³/mol. The largest absolute Gasteiger partial charge is 0.375 e. The van der Waals surface area contributed by atoms with Crippen molar-refractivity contribution in [1.82, 2.24) is 5.32 Å². The molecule has 1 amide bonds. The average Bonchev–Trinajstić information content (AvgIpc) is 2.50. The summed E-state index contributed by atoms with van der Waals surface area (Å²) in [4.78, 5) is 11.8. The standard InChI is InChI=1S/C15H13FN4OS/c1-2-6-19-15(11(8-17)9-18)22-10-14(21)20-13-5-3-4-12(16)7-13/h2-5,7,19H,1,6,10H2,(H,20,21). The van der Waals surface area contributed by atoms with Crippen LogP contribution in [0.5, 0.6) is 0 Å². The van der Waals surface area contributed by atoms with Crippen LogP contribution in [0, 0.1) is 28.5 Å². The number of hydrogen-bond donors (Lipinski definition) is 2. The molecule has 7 heteroatoms. The number of amides is 1. The lowest BCUT2D eigenvalue weighted by Crippen LogP contribution is -2.18. The fourth-order valence-corrected chi connectivity index (χ4v) is 2.17. The normalized spacial score (nSPS) is 9.05. The van der Waals surface area contributed by atoms with Crippen molar-refractivity contribution in [3.63, 3.8) is 0 Å². The Labute approximate surface area is 132 Å². The maximum Gasteiger partial charge on any atom is 0.234 e. The minimum Gasteiger partial charge on any atom is -0.375 e. The van der Waals surface area contributed by atoms with Crippen LogP contribution in [-0.4, -0.2) is 18.2 Å². The second-order valence-corrected chi connectivity index (χ2v) is 4.93. The van der Waals surface area contributed by atoms with Crippen molar-refractivity contribution in [3.8, 4) is 12.1 Å². The van der Waals surface area contributed by atoms with Crippen LogP contribution in [0.25, 0.3) is 0 Å². The molecule has 1 rings (SSSR count). The summed E-state index contributed by atoms with van der Waals surface area (Å²) in [6, 6.07) is 9.04. The highest BCUT2D eigenvalue weighted by Gasteiger charge is 2.10. The van der Waals surface area contributed by atoms with Gasteiger partial charge >= 0.3 is 0 Å². The van der Waals surface area contributed by atoms with E-state index in [-0.39, 0.29) is 17.2 Å². The highest BCUT2D eigenvalue weighted by atomic mass is 32.2. The second-order valence-electron chi connectivity index (χ2n) is 3.94. The van der Waals surface area contributed by atoms with Gasteiger partial charge in [-0.15, -0.1) is 6.58 Å². The molecule has 0 fully saturated rings. The Kier molecular flexibility index (Phi) is 7.24. The maximum absolute atomic E-state index is 13.0. The van der Waals surface area contributed by atoms with Gasteiger partial charge in [-0.05, 0) is 18.2 Å². The summed E-state index contributed by atoms with van der Waals surface area (Å²) < 4.78 is 13.0. The van der Waals surface area contributed by atoms with Gasteiger partial charge in [0.25, 0.3) is 0 Å². The zero-order chi connectivity index (χ0) is 16.4. The third-order valence-electron chi connectivity index (χ3n) is 2.31. The number of benzene rings is 1. The Morgan fingerprint density at radius 2 is 2.14 bits per heavy atom. The second kappa shape index (κ2) is 9.22. The summed E-state index contributed by atoms with van der Waals surface area (Å²) in [6.07, 6.45) is 1.57. The molecule has 2 N–H and O–H groups in total. The molecule has 0 saturated carbocycles. The molecule has 112 valence electrons. The Morgan fingerprint density at radius 1 is 1.41 bits per heavy atom. The monoisotopic (exact) mass is 316 g/mol. The summed E-state index contributed by atoms with van der Waals surface area (Å²) in [5.41, 5.74) is 0.237. The van der Waals surface area contributed by atoms with Crippen LogP contribution in [0.4, 0.5) is 10.1 Å². The highest BCUT2D eigenvalue weighted by Crippen LogP contribution is 2.17. The van der Waals surface area contributed by atoms with E-state index in [9.17, 15) is 9.18 Å². The molecule has 0 spiro atoms. The topological polar surface area (TPSA) is 88.7 Å². The van der Waals surface area contributed by atoms with Crippen LogP contribution >= 0.6 is 11.8 Å². The number of nitriles is 2. The van der Waals surface area contributed by atoms with E-state index in [4.69, 9.17) is 10.5 Å². The van der Waals surface area contributed by atoms with Crippen molar-refractivity contribution in [1.29, 1.82) is 10.5 Å². The Hall–Kier alpha value is -2.77. The third kappa shape index (κ3) is 5.70. The molecular formula is C15H13FN4OS. The minimum absolute atomic E-state index is 0.0250. The van der Waals surface area contributed by atoms with E-state index in [1.54, 1.807) is 24.3 Å². The van der Waals surface area contributed by atoms with Gasteiger partial charge in [-0.2, -0.15) is 10.5 Å². The van der Waals surface area contributed by atoms with E-state index in [1.165, 1.54) is 18.2 Å². The number of nitrogens with zero attached hydrogens (tertiary/aromatic N) is 2. The maximum atomic E-state index is 13.0. The summed E-state index contributed by atoms with van der Waals surface area (Å²) >= 11 is 1.02. The molecule has 0 radical (unpaired) electrons. The molecule has 0 heterocycles. The fraction of sp³-hybridized carbons (Fsp3) is 0.133. The number of carbonyl (C=O) groups is 1. The molecule has 0 bridgehead atoms. The van der Waals surface area contributed by atoms with Crippen molar-refractivity contribution in [2.75, 3.05) is 17.6 Å². The number of anilines is 1. The van der Waals surface area contributed by atoms with Crippen molar-refractivity contribution < 1.29 is 9.18 Å². The first-order chi connectivity index (χ1) is 10.6. The van der Waals surface area contributed by atoms with Gasteiger partial charge < -0.3 is 10.6 Å². The van der Waals surface area contributed by atoms with Gasteiger partial charge in [0.1, 0.15) is 18.0 Å². The molecular weight excluding hydrogens is 303 g/mol. The van der Waals surface area contributed by atoms with Crippen LogP contribution < -0.4 is 10.6 Å². The quantitative estimate of drug-likeness (QED) is 0.596. The lowest BCUT2D eigenvalue weighted by atomic mass is 10.3. The van der Waals surface area contributed by atoms with Crippen LogP contribution in [0.15, 0.2) is 47.5 Å². The minimum atomic E-state index is -0.449. The molecule has 22 heavy (non-hydrogen) atoms. The smallest absolute Gasteiger partial charge is 0.234 e. The van der Waals surface area contributed by atoms with E-state index in [0.29, 0.717) is 17.3 Å². The molecule has 0 aliphatic heterocycles. The van der Waals surface area contributed by atoms with Gasteiger partial charge in [0.15, 0.2) is 5.57 Å². The van der Waals surface area contributed by atoms with Crippen LogP contribution in [0.2, 0.25) is 0 Å². The zero-order valence-corrected chi connectivity index (χ0v) is 12.4. The molecule has 0 atom stereocenters. The molecule has 0 unspecified atom stereocenters. The lowest BCUT2D eigenvalue weighted by molar-refractivity contribution is -0.113. The lowest BCUT2D eigenvalue weighted by Gasteiger charge is -2.09. The van der Waals surface area contributed by atoms with Crippen molar-refractivity contribution >= 4 is 23.4 Å². The van der Waals surface area contributed by atoms with Gasteiger partial charge in [-0.1, -0.05) is 23.9 Å². The number of thioether (sulfide) groups is 1. The Balaban J connectivity index is 2.67. The average molecular weight is 316 g/mol. The first-order valence-corrected chi connectivity index (χ1v) is 7.16. The van der Waals surface area contributed by atoms with E-state index in [1.807, 2.05) is 0 Å². The molecule has 1 aromatic rings. The summed E-state index contributed by atoms with van der Waals surface area (Å²) in [5.74, 6) is -0.846. The number of rotatable bonds is 7. The Morgan fingerprint density at radius 3 is 2.73 bits per heavy atom. The van der Waals surface area contributed by atoms with Crippen LogP contribution in [0.1, 0.15) is 0 Å². The number of halogens is 1. The summed E-state index contributed by atoms with van der Waals surface area (Å²) in [5, 5.41) is 23.4. The first kappa shape index (κ1) is 17.3.